The molecule has 1 unspecified atom stereocenters. The van der Waals surface area contributed by atoms with E-state index in [0.717, 1.165) is 28.4 Å². The van der Waals surface area contributed by atoms with Gasteiger partial charge in [0.05, 0.1) is 31.5 Å². The monoisotopic (exact) mass is 478 g/mol. The van der Waals surface area contributed by atoms with E-state index in [1.807, 2.05) is 49.4 Å². The average molecular weight is 479 g/mol. The van der Waals surface area contributed by atoms with Crippen LogP contribution in [0.4, 0.5) is 5.69 Å². The van der Waals surface area contributed by atoms with E-state index in [9.17, 15) is 9.59 Å². The van der Waals surface area contributed by atoms with Gasteiger partial charge in [-0.15, -0.1) is 0 Å². The highest BCUT2D eigenvalue weighted by Crippen LogP contribution is 2.31. The van der Waals surface area contributed by atoms with E-state index in [0.29, 0.717) is 31.9 Å². The Bertz CT molecular complexity index is 1170. The Morgan fingerprint density at radius 2 is 1.97 bits per heavy atom. The molecule has 1 N–H and O–H groups in total. The summed E-state index contributed by atoms with van der Waals surface area (Å²) in [6.45, 7) is 3.23. The Kier molecular flexibility index (Phi) is 7.54. The summed E-state index contributed by atoms with van der Waals surface area (Å²) in [5.74, 6) is 1.68. The van der Waals surface area contributed by atoms with Crippen molar-refractivity contribution in [3.05, 3.63) is 66.0 Å². The van der Waals surface area contributed by atoms with Gasteiger partial charge in [0.15, 0.2) is 0 Å². The number of benzene rings is 2. The van der Waals surface area contributed by atoms with Gasteiger partial charge in [-0.1, -0.05) is 17.7 Å². The summed E-state index contributed by atoms with van der Waals surface area (Å²) in [5, 5.41) is 7.08. The second-order valence-corrected chi connectivity index (χ2v) is 8.58. The second-order valence-electron chi connectivity index (χ2n) is 8.58. The van der Waals surface area contributed by atoms with Crippen LogP contribution in [0.15, 0.2) is 54.9 Å². The third-order valence-corrected chi connectivity index (χ3v) is 5.88. The van der Waals surface area contributed by atoms with Crippen LogP contribution >= 0.6 is 0 Å². The fraction of sp³-hybridized carbons (Fsp3) is 0.346. The minimum atomic E-state index is -0.334. The molecular weight excluding hydrogens is 448 g/mol. The van der Waals surface area contributed by atoms with Crippen molar-refractivity contribution in [2.45, 2.75) is 19.9 Å². The molecule has 2 aromatic carbocycles. The number of anilines is 1. The number of fused-ring (bicyclic) bond motifs is 1. The first-order chi connectivity index (χ1) is 16.9. The quantitative estimate of drug-likeness (QED) is 0.508. The van der Waals surface area contributed by atoms with Gasteiger partial charge in [-0.3, -0.25) is 14.3 Å². The van der Waals surface area contributed by atoms with E-state index >= 15 is 0 Å². The number of likely N-dealkylation sites (N-methyl/N-ethyl adjacent to an activating group) is 1. The number of aromatic nitrogens is 2. The molecule has 0 saturated heterocycles. The van der Waals surface area contributed by atoms with Crippen molar-refractivity contribution in [2.75, 3.05) is 39.2 Å². The minimum Gasteiger partial charge on any atom is -0.497 e. The summed E-state index contributed by atoms with van der Waals surface area (Å²) in [6.07, 6.45) is 3.74. The van der Waals surface area contributed by atoms with Crippen molar-refractivity contribution in [2.24, 2.45) is 5.92 Å². The molecule has 1 atom stereocenters. The summed E-state index contributed by atoms with van der Waals surface area (Å²) in [7, 11) is 3.33. The van der Waals surface area contributed by atoms with Crippen molar-refractivity contribution in [1.29, 1.82) is 0 Å². The summed E-state index contributed by atoms with van der Waals surface area (Å²) < 4.78 is 18.2. The fourth-order valence-corrected chi connectivity index (χ4v) is 3.74. The molecule has 0 radical (unpaired) electrons. The first-order valence-electron chi connectivity index (χ1n) is 11.5. The molecule has 1 aromatic heterocycles. The maximum absolute atomic E-state index is 12.8. The van der Waals surface area contributed by atoms with Crippen molar-refractivity contribution < 1.29 is 23.8 Å². The summed E-state index contributed by atoms with van der Waals surface area (Å²) in [6, 6.07) is 13.4. The van der Waals surface area contributed by atoms with Gasteiger partial charge < -0.3 is 24.4 Å². The Balaban J connectivity index is 1.24. The van der Waals surface area contributed by atoms with Crippen LogP contribution in [0.25, 0.3) is 0 Å². The molecule has 2 amide bonds. The molecule has 0 spiro atoms. The largest absolute Gasteiger partial charge is 0.497 e. The maximum atomic E-state index is 12.8. The zero-order valence-electron chi connectivity index (χ0n) is 20.2. The number of aryl methyl sites for hydroxylation is 1. The van der Waals surface area contributed by atoms with E-state index in [4.69, 9.17) is 14.2 Å². The Labute approximate surface area is 204 Å². The van der Waals surface area contributed by atoms with E-state index < -0.39 is 0 Å². The fourth-order valence-electron chi connectivity index (χ4n) is 3.74. The predicted octanol–water partition coefficient (Wildman–Crippen LogP) is 2.93. The zero-order chi connectivity index (χ0) is 24.8. The van der Waals surface area contributed by atoms with Gasteiger partial charge in [0, 0.05) is 13.2 Å². The molecule has 0 aliphatic carbocycles. The van der Waals surface area contributed by atoms with Crippen LogP contribution in [-0.4, -0.2) is 60.4 Å². The van der Waals surface area contributed by atoms with Gasteiger partial charge >= 0.3 is 0 Å². The molecule has 2 heterocycles. The highest BCUT2D eigenvalue weighted by molar-refractivity contribution is 5.92. The zero-order valence-corrected chi connectivity index (χ0v) is 20.2. The number of ether oxygens (including phenoxy) is 3. The number of carbonyl (C=O) groups excluding carboxylic acids is 2. The first-order valence-corrected chi connectivity index (χ1v) is 11.5. The van der Waals surface area contributed by atoms with E-state index in [1.165, 1.54) is 10.9 Å². The van der Waals surface area contributed by atoms with Gasteiger partial charge in [0.1, 0.15) is 37.0 Å². The molecular formula is C26H30N4O5. The molecule has 3 aromatic rings. The van der Waals surface area contributed by atoms with E-state index in [-0.39, 0.29) is 24.3 Å². The van der Waals surface area contributed by atoms with Crippen LogP contribution in [0.5, 0.6) is 17.2 Å². The molecule has 35 heavy (non-hydrogen) atoms. The summed E-state index contributed by atoms with van der Waals surface area (Å²) >= 11 is 0. The number of nitrogens with one attached hydrogen (secondary N) is 1. The lowest BCUT2D eigenvalue weighted by Crippen LogP contribution is -2.33. The normalized spacial score (nSPS) is 14.4. The molecule has 0 saturated carbocycles. The van der Waals surface area contributed by atoms with Crippen molar-refractivity contribution in [3.63, 3.8) is 0 Å². The number of nitrogens with zero attached hydrogens (tertiary/aromatic N) is 3. The topological polar surface area (TPSA) is 94.9 Å². The highest BCUT2D eigenvalue weighted by atomic mass is 16.5. The predicted molar refractivity (Wildman–Crippen MR) is 131 cm³/mol. The van der Waals surface area contributed by atoms with Crippen molar-refractivity contribution in [1.82, 2.24) is 14.7 Å². The molecule has 1 aliphatic heterocycles. The van der Waals surface area contributed by atoms with Crippen LogP contribution in [-0.2, 0) is 22.6 Å². The van der Waals surface area contributed by atoms with Crippen molar-refractivity contribution >= 4 is 17.5 Å². The van der Waals surface area contributed by atoms with Gasteiger partial charge in [-0.25, -0.2) is 0 Å². The summed E-state index contributed by atoms with van der Waals surface area (Å²) in [5.41, 5.74) is 2.63. The molecule has 0 bridgehead atoms. The van der Waals surface area contributed by atoms with Crippen molar-refractivity contribution in [3.8, 4) is 17.2 Å². The number of carbonyl (C=O) groups is 2. The van der Waals surface area contributed by atoms with Gasteiger partial charge in [-0.2, -0.15) is 5.10 Å². The van der Waals surface area contributed by atoms with Gasteiger partial charge in [0.25, 0.3) is 0 Å². The Hall–Kier alpha value is -4.01. The Morgan fingerprint density at radius 3 is 2.74 bits per heavy atom. The lowest BCUT2D eigenvalue weighted by Gasteiger charge is -2.24. The number of hydrogen-bond acceptors (Lipinski definition) is 6. The highest BCUT2D eigenvalue weighted by Gasteiger charge is 2.27. The smallest absolute Gasteiger partial charge is 0.244 e. The van der Waals surface area contributed by atoms with Crippen LogP contribution in [0, 0.1) is 12.8 Å². The second kappa shape index (κ2) is 10.9. The van der Waals surface area contributed by atoms with Crippen LogP contribution in [0.2, 0.25) is 0 Å². The maximum Gasteiger partial charge on any atom is 0.244 e. The molecule has 4 rings (SSSR count). The first kappa shape index (κ1) is 24.1. The third kappa shape index (κ3) is 6.32. The molecule has 0 fully saturated rings. The standard InChI is InChI=1S/C26H30N4O5/c1-18-4-6-22(7-5-18)34-11-10-29(2)25(31)16-30-15-21(14-27-30)28-26(32)20-12-19-13-23(33-3)8-9-24(19)35-17-20/h4-9,13-15,20H,10-12,16-17H2,1-3H3,(H,28,32). The SMILES string of the molecule is COc1ccc2c(c1)CC(C(=O)Nc1cnn(CC(=O)N(C)CCOc3ccc(C)cc3)c1)CO2. The number of hydrogen-bond donors (Lipinski definition) is 1. The van der Waals surface area contributed by atoms with E-state index in [2.05, 4.69) is 10.4 Å². The number of amides is 2. The molecule has 1 aliphatic rings. The third-order valence-electron chi connectivity index (χ3n) is 5.88. The van der Waals surface area contributed by atoms with Gasteiger partial charge in [0.2, 0.25) is 11.8 Å². The average Bonchev–Trinajstić information content (AvgIpc) is 3.30. The minimum absolute atomic E-state index is 0.0661. The van der Waals surface area contributed by atoms with Crippen LogP contribution < -0.4 is 19.5 Å². The summed E-state index contributed by atoms with van der Waals surface area (Å²) in [4.78, 5) is 26.9. The number of rotatable bonds is 9. The molecule has 9 heteroatoms. The molecule has 9 nitrogen and oxygen atoms in total. The number of methoxy groups -OCH3 is 1. The van der Waals surface area contributed by atoms with E-state index in [1.54, 1.807) is 25.3 Å². The lowest BCUT2D eigenvalue weighted by atomic mass is 9.96. The Morgan fingerprint density at radius 1 is 1.20 bits per heavy atom. The molecule has 184 valence electrons. The lowest BCUT2D eigenvalue weighted by molar-refractivity contribution is -0.131. The van der Waals surface area contributed by atoms with Gasteiger partial charge in [-0.05, 0) is 49.2 Å². The van der Waals surface area contributed by atoms with Crippen LogP contribution in [0.1, 0.15) is 11.1 Å². The van der Waals surface area contributed by atoms with Crippen LogP contribution in [0.3, 0.4) is 0 Å².